The molecular formula is C16H11N5S. The Morgan fingerprint density at radius 3 is 2.64 bits per heavy atom. The Bertz CT molecular complexity index is 853. The zero-order valence-electron chi connectivity index (χ0n) is 11.5. The lowest BCUT2D eigenvalue weighted by Crippen LogP contribution is -2.02. The van der Waals surface area contributed by atoms with Crippen molar-refractivity contribution in [3.8, 4) is 11.5 Å². The summed E-state index contributed by atoms with van der Waals surface area (Å²) in [5.74, 6) is 0.651. The number of benzene rings is 1. The van der Waals surface area contributed by atoms with Crippen LogP contribution in [0.4, 0.5) is 0 Å². The second-order valence-corrected chi connectivity index (χ2v) is 5.68. The molecule has 0 aliphatic carbocycles. The predicted molar refractivity (Wildman–Crippen MR) is 87.4 cm³/mol. The van der Waals surface area contributed by atoms with Gasteiger partial charge in [-0.25, -0.2) is 0 Å². The Balaban J connectivity index is 1.68. The Morgan fingerprint density at radius 2 is 1.82 bits per heavy atom. The summed E-state index contributed by atoms with van der Waals surface area (Å²) in [6, 6.07) is 15.8. The van der Waals surface area contributed by atoms with E-state index in [9.17, 15) is 0 Å². The van der Waals surface area contributed by atoms with Crippen LogP contribution >= 0.6 is 11.8 Å². The van der Waals surface area contributed by atoms with E-state index in [0.29, 0.717) is 5.82 Å². The number of hydrogen-bond donors (Lipinski definition) is 0. The predicted octanol–water partition coefficient (Wildman–Crippen LogP) is 3.32. The first-order valence-electron chi connectivity index (χ1n) is 6.76. The second-order valence-electron chi connectivity index (χ2n) is 4.64. The smallest absolute Gasteiger partial charge is 0.217 e. The molecule has 0 radical (unpaired) electrons. The number of nitrogens with zero attached hydrogens (tertiary/aromatic N) is 5. The molecule has 1 aromatic carbocycles. The molecule has 106 valence electrons. The van der Waals surface area contributed by atoms with Gasteiger partial charge in [-0.2, -0.15) is 9.78 Å². The van der Waals surface area contributed by atoms with Crippen LogP contribution in [0.1, 0.15) is 5.56 Å². The fourth-order valence-electron chi connectivity index (χ4n) is 2.11. The fourth-order valence-corrected chi connectivity index (χ4v) is 2.92. The first-order valence-corrected chi connectivity index (χ1v) is 7.57. The second kappa shape index (κ2) is 5.57. The van der Waals surface area contributed by atoms with Crippen molar-refractivity contribution in [2.24, 2.45) is 5.10 Å². The Labute approximate surface area is 131 Å². The van der Waals surface area contributed by atoms with Crippen LogP contribution in [0.25, 0.3) is 17.6 Å². The first kappa shape index (κ1) is 13.0. The molecule has 2 aromatic heterocycles. The van der Waals surface area contributed by atoms with E-state index >= 15 is 0 Å². The molecular weight excluding hydrogens is 294 g/mol. The van der Waals surface area contributed by atoms with Crippen LogP contribution in [-0.2, 0) is 0 Å². The van der Waals surface area contributed by atoms with Crippen LogP contribution in [0.15, 0.2) is 69.9 Å². The molecule has 0 N–H and O–H groups in total. The number of thioether (sulfide) groups is 1. The Morgan fingerprint density at radius 1 is 0.955 bits per heavy atom. The lowest BCUT2D eigenvalue weighted by molar-refractivity contribution is 0.769. The molecule has 0 bridgehead atoms. The quantitative estimate of drug-likeness (QED) is 0.729. The highest BCUT2D eigenvalue weighted by Crippen LogP contribution is 2.31. The van der Waals surface area contributed by atoms with Crippen molar-refractivity contribution in [2.45, 2.75) is 5.16 Å². The molecule has 0 fully saturated rings. The molecule has 0 unspecified atom stereocenters. The SMILES string of the molecule is C1=Nn2c(nnc2-c2ccccn2)SC1=Cc1ccccc1. The molecule has 0 saturated carbocycles. The number of pyridine rings is 1. The summed E-state index contributed by atoms with van der Waals surface area (Å²) < 4.78 is 1.72. The number of aromatic nitrogens is 4. The van der Waals surface area contributed by atoms with Gasteiger partial charge in [0, 0.05) is 11.1 Å². The average Bonchev–Trinajstić information content (AvgIpc) is 3.00. The van der Waals surface area contributed by atoms with Gasteiger partial charge in [0.15, 0.2) is 0 Å². The summed E-state index contributed by atoms with van der Waals surface area (Å²) >= 11 is 1.54. The third-order valence-corrected chi connectivity index (χ3v) is 4.02. The van der Waals surface area contributed by atoms with Gasteiger partial charge in [0.2, 0.25) is 11.0 Å². The molecule has 6 heteroatoms. The van der Waals surface area contributed by atoms with Crippen molar-refractivity contribution in [1.29, 1.82) is 0 Å². The van der Waals surface area contributed by atoms with Crippen molar-refractivity contribution in [3.63, 3.8) is 0 Å². The lowest BCUT2D eigenvalue weighted by atomic mass is 10.2. The molecule has 0 saturated heterocycles. The van der Waals surface area contributed by atoms with Gasteiger partial charge in [-0.3, -0.25) is 4.98 Å². The summed E-state index contributed by atoms with van der Waals surface area (Å²) in [5, 5.41) is 13.6. The molecule has 3 heterocycles. The van der Waals surface area contributed by atoms with E-state index in [2.05, 4.69) is 38.5 Å². The maximum Gasteiger partial charge on any atom is 0.217 e. The zero-order valence-corrected chi connectivity index (χ0v) is 12.3. The maximum atomic E-state index is 4.44. The van der Waals surface area contributed by atoms with Gasteiger partial charge in [0.05, 0.1) is 6.21 Å². The normalized spacial score (nSPS) is 15.0. The number of hydrogen-bond acceptors (Lipinski definition) is 5. The largest absolute Gasteiger partial charge is 0.253 e. The summed E-state index contributed by atoms with van der Waals surface area (Å²) in [6.07, 6.45) is 5.63. The van der Waals surface area contributed by atoms with E-state index < -0.39 is 0 Å². The van der Waals surface area contributed by atoms with E-state index in [1.807, 2.05) is 42.6 Å². The molecule has 0 amide bonds. The molecule has 3 aromatic rings. The molecule has 1 aliphatic heterocycles. The highest BCUT2D eigenvalue weighted by Gasteiger charge is 2.18. The van der Waals surface area contributed by atoms with Crippen LogP contribution in [0.5, 0.6) is 0 Å². The molecule has 4 rings (SSSR count). The standard InChI is InChI=1S/C16H11N5S/c1-2-6-12(7-3-1)10-13-11-18-21-15(19-20-16(21)22-13)14-8-4-5-9-17-14/h1-11H. The minimum Gasteiger partial charge on any atom is -0.253 e. The number of fused-ring (bicyclic) bond motifs is 1. The van der Waals surface area contributed by atoms with Gasteiger partial charge >= 0.3 is 0 Å². The van der Waals surface area contributed by atoms with Gasteiger partial charge in [-0.1, -0.05) is 36.4 Å². The Kier molecular flexibility index (Phi) is 3.29. The zero-order chi connectivity index (χ0) is 14.8. The molecule has 22 heavy (non-hydrogen) atoms. The average molecular weight is 305 g/mol. The van der Waals surface area contributed by atoms with Crippen molar-refractivity contribution in [2.75, 3.05) is 0 Å². The van der Waals surface area contributed by atoms with Crippen LogP contribution in [0.2, 0.25) is 0 Å². The highest BCUT2D eigenvalue weighted by molar-refractivity contribution is 8.04. The van der Waals surface area contributed by atoms with Gasteiger partial charge in [0.25, 0.3) is 0 Å². The van der Waals surface area contributed by atoms with E-state index in [4.69, 9.17) is 0 Å². The summed E-state index contributed by atoms with van der Waals surface area (Å²) in [7, 11) is 0. The Hall–Kier alpha value is -2.73. The van der Waals surface area contributed by atoms with Crippen LogP contribution in [-0.4, -0.2) is 26.1 Å². The number of rotatable bonds is 2. The molecule has 0 spiro atoms. The highest BCUT2D eigenvalue weighted by atomic mass is 32.2. The number of allylic oxidation sites excluding steroid dienone is 1. The van der Waals surface area contributed by atoms with Crippen molar-refractivity contribution < 1.29 is 0 Å². The van der Waals surface area contributed by atoms with Crippen molar-refractivity contribution in [1.82, 2.24) is 19.9 Å². The maximum absolute atomic E-state index is 4.44. The van der Waals surface area contributed by atoms with Gasteiger partial charge in [-0.15, -0.1) is 10.2 Å². The molecule has 0 atom stereocenters. The van der Waals surface area contributed by atoms with E-state index in [-0.39, 0.29) is 0 Å². The van der Waals surface area contributed by atoms with Gasteiger partial charge < -0.3 is 0 Å². The monoisotopic (exact) mass is 305 g/mol. The first-order chi connectivity index (χ1) is 10.9. The van der Waals surface area contributed by atoms with Crippen LogP contribution in [0.3, 0.4) is 0 Å². The topological polar surface area (TPSA) is 56.0 Å². The third-order valence-electron chi connectivity index (χ3n) is 3.12. The molecule has 5 nitrogen and oxygen atoms in total. The van der Waals surface area contributed by atoms with E-state index in [1.54, 1.807) is 22.6 Å². The lowest BCUT2D eigenvalue weighted by Gasteiger charge is -2.09. The van der Waals surface area contributed by atoms with E-state index in [1.165, 1.54) is 0 Å². The minimum absolute atomic E-state index is 0.651. The fraction of sp³-hybridized carbons (Fsp3) is 0. The van der Waals surface area contributed by atoms with Crippen molar-refractivity contribution in [3.05, 3.63) is 65.2 Å². The summed E-state index contributed by atoms with van der Waals surface area (Å²) in [4.78, 5) is 5.32. The van der Waals surface area contributed by atoms with Crippen molar-refractivity contribution >= 4 is 24.1 Å². The van der Waals surface area contributed by atoms with Gasteiger partial charge in [0.1, 0.15) is 5.69 Å². The van der Waals surface area contributed by atoms with Gasteiger partial charge in [-0.05, 0) is 35.5 Å². The van der Waals surface area contributed by atoms with Crippen LogP contribution in [0, 0.1) is 0 Å². The third kappa shape index (κ3) is 2.44. The summed E-state index contributed by atoms with van der Waals surface area (Å²) in [6.45, 7) is 0. The van der Waals surface area contributed by atoms with E-state index in [0.717, 1.165) is 21.3 Å². The minimum atomic E-state index is 0.651. The molecule has 1 aliphatic rings. The summed E-state index contributed by atoms with van der Waals surface area (Å²) in [5.41, 5.74) is 1.89. The van der Waals surface area contributed by atoms with Crippen LogP contribution < -0.4 is 0 Å².